The monoisotopic (exact) mass is 544 g/mol. The number of nitrogens with zero attached hydrogens (tertiary/aromatic N) is 2. The van der Waals surface area contributed by atoms with Gasteiger partial charge < -0.3 is 4.90 Å². The highest BCUT2D eigenvalue weighted by atomic mass is 35.5. The molecular formula is C22H24Cl2N3O3S3+. The van der Waals surface area contributed by atoms with Crippen LogP contribution in [0, 0.1) is 0 Å². The molecule has 1 N–H and O–H groups in total. The van der Waals surface area contributed by atoms with Crippen molar-refractivity contribution < 1.29 is 17.3 Å². The second-order valence-electron chi connectivity index (χ2n) is 7.51. The van der Waals surface area contributed by atoms with Gasteiger partial charge >= 0.3 is 0 Å². The fraction of sp³-hybridized carbons (Fsp3) is 0.318. The van der Waals surface area contributed by atoms with Crippen LogP contribution >= 0.6 is 46.3 Å². The summed E-state index contributed by atoms with van der Waals surface area (Å²) in [6, 6.07) is 11.8. The van der Waals surface area contributed by atoms with Gasteiger partial charge in [0.2, 0.25) is 5.52 Å². The van der Waals surface area contributed by atoms with E-state index in [1.165, 1.54) is 0 Å². The van der Waals surface area contributed by atoms with Crippen molar-refractivity contribution in [2.75, 3.05) is 23.7 Å². The smallest absolute Gasteiger partial charge is 0.283 e. The molecule has 176 valence electrons. The van der Waals surface area contributed by atoms with Gasteiger partial charge in [-0.05, 0) is 43.2 Å². The van der Waals surface area contributed by atoms with Gasteiger partial charge in [0.15, 0.2) is 0 Å². The van der Waals surface area contributed by atoms with Crippen LogP contribution in [0.25, 0.3) is 16.3 Å². The van der Waals surface area contributed by atoms with Crippen LogP contribution in [-0.4, -0.2) is 27.3 Å². The molecule has 0 unspecified atom stereocenters. The van der Waals surface area contributed by atoms with Crippen LogP contribution < -0.4 is 14.9 Å². The molecule has 0 bridgehead atoms. The second-order valence-corrected chi connectivity index (χ2v) is 12.2. The number of aryl methyl sites for hydroxylation is 1. The molecule has 6 nitrogen and oxygen atoms in total. The molecule has 1 aromatic heterocycles. The highest BCUT2D eigenvalue weighted by molar-refractivity contribution is 8.03. The summed E-state index contributed by atoms with van der Waals surface area (Å²) in [6.07, 6.45) is 3.35. The number of hydrogen-bond acceptors (Lipinski definition) is 7. The van der Waals surface area contributed by atoms with Crippen LogP contribution in [0.4, 0.5) is 5.69 Å². The molecule has 0 spiro atoms. The number of thiazole rings is 1. The molecule has 0 aliphatic carbocycles. The van der Waals surface area contributed by atoms with Crippen molar-refractivity contribution >= 4 is 78.4 Å². The van der Waals surface area contributed by atoms with Gasteiger partial charge in [0.1, 0.15) is 11.7 Å². The van der Waals surface area contributed by atoms with E-state index in [4.69, 9.17) is 27.5 Å². The molecule has 1 aliphatic rings. The lowest BCUT2D eigenvalue weighted by molar-refractivity contribution is -0.642. The predicted molar refractivity (Wildman–Crippen MR) is 138 cm³/mol. The van der Waals surface area contributed by atoms with Crippen LogP contribution in [0.15, 0.2) is 46.3 Å². The highest BCUT2D eigenvalue weighted by Crippen LogP contribution is 2.48. The maximum absolute atomic E-state index is 11.9. The number of rotatable bonds is 9. The standard InChI is InChI=1S/C22H24Cl2N3O3S3/c1-3-25-30-33(28,29)11-5-4-10-27-18-13-16(24)7-9-20(18)32-22(27)14-21-26(2)17-12-15(23)6-8-19(17)31-21/h6-9,12-14,25H,3-5,10-11H2,1-2H3/q+1. The van der Waals surface area contributed by atoms with E-state index in [0.717, 1.165) is 30.8 Å². The third-order valence-corrected chi connectivity index (χ3v) is 9.03. The molecule has 0 atom stereocenters. The van der Waals surface area contributed by atoms with E-state index in [-0.39, 0.29) is 5.75 Å². The van der Waals surface area contributed by atoms with Gasteiger partial charge in [0.25, 0.3) is 15.1 Å². The van der Waals surface area contributed by atoms with Crippen LogP contribution in [0.3, 0.4) is 0 Å². The number of hydroxylamine groups is 1. The van der Waals surface area contributed by atoms with Crippen LogP contribution in [0.2, 0.25) is 10.0 Å². The number of benzene rings is 2. The van der Waals surface area contributed by atoms with E-state index >= 15 is 0 Å². The topological polar surface area (TPSA) is 62.5 Å². The summed E-state index contributed by atoms with van der Waals surface area (Å²) in [4.78, 5) is 3.33. The summed E-state index contributed by atoms with van der Waals surface area (Å²) in [5.74, 6) is -0.0333. The SMILES string of the molecule is CCNOS(=O)(=O)CCCCN1C(=Cc2sc3ccc(Cl)cc3[n+]2C)Sc2ccc(Cl)cc21. The van der Waals surface area contributed by atoms with Crippen molar-refractivity contribution in [2.45, 2.75) is 24.7 Å². The van der Waals surface area contributed by atoms with Crippen molar-refractivity contribution in [2.24, 2.45) is 7.05 Å². The molecule has 11 heteroatoms. The maximum atomic E-state index is 11.9. The maximum Gasteiger partial charge on any atom is 0.283 e. The van der Waals surface area contributed by atoms with E-state index < -0.39 is 10.1 Å². The minimum absolute atomic E-state index is 0.0333. The molecule has 0 amide bonds. The third-order valence-electron chi connectivity index (χ3n) is 5.12. The molecule has 0 fully saturated rings. The van der Waals surface area contributed by atoms with Crippen molar-refractivity contribution in [1.82, 2.24) is 5.48 Å². The van der Waals surface area contributed by atoms with Gasteiger partial charge in [-0.25, -0.2) is 0 Å². The summed E-state index contributed by atoms with van der Waals surface area (Å²) in [5.41, 5.74) is 4.53. The Bertz CT molecular complexity index is 1310. The summed E-state index contributed by atoms with van der Waals surface area (Å²) in [7, 11) is -1.54. The van der Waals surface area contributed by atoms with Gasteiger partial charge in [-0.3, -0.25) is 0 Å². The minimum Gasteiger partial charge on any atom is -0.335 e. The van der Waals surface area contributed by atoms with Crippen LogP contribution in [0.5, 0.6) is 0 Å². The first-order valence-electron chi connectivity index (χ1n) is 10.5. The summed E-state index contributed by atoms with van der Waals surface area (Å²) >= 11 is 15.9. The molecular weight excluding hydrogens is 521 g/mol. The fourth-order valence-corrected chi connectivity index (χ4v) is 7.04. The van der Waals surface area contributed by atoms with E-state index in [2.05, 4.69) is 21.0 Å². The Labute approximate surface area is 212 Å². The van der Waals surface area contributed by atoms with Crippen molar-refractivity contribution in [1.29, 1.82) is 0 Å². The van der Waals surface area contributed by atoms with Gasteiger partial charge in [-0.2, -0.15) is 22.7 Å². The van der Waals surface area contributed by atoms with Crippen LogP contribution in [-0.2, 0) is 21.4 Å². The number of thioether (sulfide) groups is 1. The quantitative estimate of drug-likeness (QED) is 0.215. The van der Waals surface area contributed by atoms with E-state index in [9.17, 15) is 8.42 Å². The summed E-state index contributed by atoms with van der Waals surface area (Å²) < 4.78 is 31.9. The molecule has 33 heavy (non-hydrogen) atoms. The number of aromatic nitrogens is 1. The molecule has 0 radical (unpaired) electrons. The number of halogens is 2. The Morgan fingerprint density at radius 3 is 2.70 bits per heavy atom. The van der Waals surface area contributed by atoms with Gasteiger partial charge in [-0.1, -0.05) is 53.2 Å². The molecule has 0 saturated heterocycles. The first-order valence-corrected chi connectivity index (χ1v) is 14.4. The Kier molecular flexibility index (Phi) is 7.90. The average Bonchev–Trinajstić information content (AvgIpc) is 3.27. The number of anilines is 1. The number of nitrogens with one attached hydrogen (secondary N) is 1. The zero-order valence-corrected chi connectivity index (χ0v) is 22.1. The lowest BCUT2D eigenvalue weighted by atomic mass is 10.2. The highest BCUT2D eigenvalue weighted by Gasteiger charge is 2.27. The molecule has 2 aromatic carbocycles. The van der Waals surface area contributed by atoms with Crippen molar-refractivity contribution in [3.8, 4) is 0 Å². The number of fused-ring (bicyclic) bond motifs is 2. The van der Waals surface area contributed by atoms with Crippen molar-refractivity contribution in [3.63, 3.8) is 0 Å². The lowest BCUT2D eigenvalue weighted by Gasteiger charge is -2.20. The van der Waals surface area contributed by atoms with Gasteiger partial charge in [0, 0.05) is 34.1 Å². The molecule has 4 rings (SSSR count). The van der Waals surface area contributed by atoms with E-state index in [0.29, 0.717) is 36.0 Å². The predicted octanol–water partition coefficient (Wildman–Crippen LogP) is 5.59. The molecule has 3 aromatic rings. The van der Waals surface area contributed by atoms with Gasteiger partial charge in [-0.15, -0.1) is 0 Å². The number of hydrogen-bond donors (Lipinski definition) is 1. The minimum atomic E-state index is -3.58. The largest absolute Gasteiger partial charge is 0.335 e. The Morgan fingerprint density at radius 1 is 1.15 bits per heavy atom. The summed E-state index contributed by atoms with van der Waals surface area (Å²) in [6.45, 7) is 2.88. The zero-order valence-electron chi connectivity index (χ0n) is 18.2. The van der Waals surface area contributed by atoms with Crippen LogP contribution in [0.1, 0.15) is 24.8 Å². The second kappa shape index (κ2) is 10.5. The molecule has 2 heterocycles. The first kappa shape index (κ1) is 24.8. The molecule has 1 aliphatic heterocycles. The zero-order chi connectivity index (χ0) is 23.6. The first-order chi connectivity index (χ1) is 15.8. The van der Waals surface area contributed by atoms with E-state index in [1.807, 2.05) is 43.4 Å². The normalized spacial score (nSPS) is 15.0. The fourth-order valence-electron chi connectivity index (χ4n) is 3.52. The molecule has 0 saturated carbocycles. The Hall–Kier alpha value is -1.33. The summed E-state index contributed by atoms with van der Waals surface area (Å²) in [5, 5.41) is 3.55. The Balaban J connectivity index is 1.56. The average molecular weight is 546 g/mol. The number of unbranched alkanes of at least 4 members (excludes halogenated alkanes) is 1. The Morgan fingerprint density at radius 2 is 1.91 bits per heavy atom. The lowest BCUT2D eigenvalue weighted by Crippen LogP contribution is -2.29. The third kappa shape index (κ3) is 5.85. The van der Waals surface area contributed by atoms with Gasteiger partial charge in [0.05, 0.1) is 22.5 Å². The van der Waals surface area contributed by atoms with Crippen molar-refractivity contribution in [3.05, 3.63) is 56.5 Å². The van der Waals surface area contributed by atoms with E-state index in [1.54, 1.807) is 30.0 Å².